The van der Waals surface area contributed by atoms with Crippen molar-refractivity contribution < 1.29 is 13.2 Å². The van der Waals surface area contributed by atoms with E-state index in [4.69, 9.17) is 0 Å². The normalized spacial score (nSPS) is 13.3. The Labute approximate surface area is 106 Å². The highest BCUT2D eigenvalue weighted by molar-refractivity contribution is 7.13. The van der Waals surface area contributed by atoms with Crippen molar-refractivity contribution in [3.63, 3.8) is 0 Å². The van der Waals surface area contributed by atoms with E-state index in [1.165, 1.54) is 11.3 Å². The number of hydrogen-bond donors (Lipinski definition) is 1. The second kappa shape index (κ2) is 5.39. The van der Waals surface area contributed by atoms with Crippen LogP contribution < -0.4 is 5.32 Å². The number of rotatable bonds is 4. The number of aromatic nitrogens is 1. The molecule has 1 N–H and O–H groups in total. The fourth-order valence-electron chi connectivity index (χ4n) is 1.61. The molecule has 0 amide bonds. The van der Waals surface area contributed by atoms with Crippen LogP contribution in [0.25, 0.3) is 0 Å². The van der Waals surface area contributed by atoms with Crippen molar-refractivity contribution in [3.05, 3.63) is 47.5 Å². The van der Waals surface area contributed by atoms with Gasteiger partial charge in [0.2, 0.25) is 0 Å². The summed E-state index contributed by atoms with van der Waals surface area (Å²) in [6, 6.07) is 7.77. The second-order valence-corrected chi connectivity index (χ2v) is 4.66. The SMILES string of the molecule is FC(F)(F)CC(Nc1nccs1)c1ccccc1. The van der Waals surface area contributed by atoms with Gasteiger partial charge in [-0.05, 0) is 5.56 Å². The Morgan fingerprint density at radius 3 is 2.50 bits per heavy atom. The third kappa shape index (κ3) is 3.73. The lowest BCUT2D eigenvalue weighted by atomic mass is 10.0. The van der Waals surface area contributed by atoms with Gasteiger partial charge >= 0.3 is 6.18 Å². The molecule has 2 aromatic rings. The van der Waals surface area contributed by atoms with Crippen molar-refractivity contribution in [3.8, 4) is 0 Å². The minimum Gasteiger partial charge on any atom is -0.354 e. The zero-order chi connectivity index (χ0) is 13.0. The van der Waals surface area contributed by atoms with Crippen molar-refractivity contribution in [2.45, 2.75) is 18.6 Å². The maximum atomic E-state index is 12.6. The van der Waals surface area contributed by atoms with Crippen LogP contribution in [0.4, 0.5) is 18.3 Å². The minimum absolute atomic E-state index is 0.494. The smallest absolute Gasteiger partial charge is 0.354 e. The van der Waals surface area contributed by atoms with E-state index in [1.807, 2.05) is 0 Å². The molecule has 1 aromatic heterocycles. The number of anilines is 1. The summed E-state index contributed by atoms with van der Waals surface area (Å²) in [5.74, 6) is 0. The predicted molar refractivity (Wildman–Crippen MR) is 65.6 cm³/mol. The number of alkyl halides is 3. The molecule has 0 aliphatic carbocycles. The third-order valence-electron chi connectivity index (χ3n) is 2.37. The van der Waals surface area contributed by atoms with E-state index in [9.17, 15) is 13.2 Å². The minimum atomic E-state index is -4.22. The molecule has 6 heteroatoms. The molecule has 0 bridgehead atoms. The van der Waals surface area contributed by atoms with Crippen molar-refractivity contribution >= 4 is 16.5 Å². The second-order valence-electron chi connectivity index (χ2n) is 3.76. The summed E-state index contributed by atoms with van der Waals surface area (Å²) in [4.78, 5) is 3.95. The van der Waals surface area contributed by atoms with E-state index in [1.54, 1.807) is 41.9 Å². The van der Waals surface area contributed by atoms with Crippen molar-refractivity contribution in [1.82, 2.24) is 4.98 Å². The Hall–Kier alpha value is -1.56. The lowest BCUT2D eigenvalue weighted by Gasteiger charge is -2.20. The lowest BCUT2D eigenvalue weighted by molar-refractivity contribution is -0.137. The Morgan fingerprint density at radius 1 is 1.22 bits per heavy atom. The molecule has 0 spiro atoms. The monoisotopic (exact) mass is 272 g/mol. The molecule has 0 saturated heterocycles. The van der Waals surface area contributed by atoms with E-state index in [-0.39, 0.29) is 0 Å². The quantitative estimate of drug-likeness (QED) is 0.900. The van der Waals surface area contributed by atoms with Crippen LogP contribution in [-0.2, 0) is 0 Å². The largest absolute Gasteiger partial charge is 0.391 e. The number of nitrogens with zero attached hydrogens (tertiary/aromatic N) is 1. The van der Waals surface area contributed by atoms with Gasteiger partial charge in [-0.3, -0.25) is 0 Å². The first-order valence-electron chi connectivity index (χ1n) is 5.32. The van der Waals surface area contributed by atoms with Crippen molar-refractivity contribution in [1.29, 1.82) is 0 Å². The number of nitrogens with one attached hydrogen (secondary N) is 1. The summed E-state index contributed by atoms with van der Waals surface area (Å²) in [6.45, 7) is 0. The number of halogens is 3. The first kappa shape index (κ1) is 12.9. The lowest BCUT2D eigenvalue weighted by Crippen LogP contribution is -2.20. The van der Waals surface area contributed by atoms with E-state index in [0.29, 0.717) is 10.7 Å². The Balaban J connectivity index is 2.18. The van der Waals surface area contributed by atoms with Crippen LogP contribution in [0, 0.1) is 0 Å². The number of benzene rings is 1. The standard InChI is InChI=1S/C12H11F3N2S/c13-12(14,15)8-10(9-4-2-1-3-5-9)17-11-16-6-7-18-11/h1-7,10H,8H2,(H,16,17). The predicted octanol–water partition coefficient (Wildman–Crippen LogP) is 4.25. The fourth-order valence-corrected chi connectivity index (χ4v) is 2.20. The molecule has 1 aromatic carbocycles. The molecule has 1 heterocycles. The molecule has 0 fully saturated rings. The van der Waals surface area contributed by atoms with Gasteiger partial charge in [-0.25, -0.2) is 4.98 Å². The summed E-state index contributed by atoms with van der Waals surface area (Å²) in [5.41, 5.74) is 0.602. The molecule has 0 radical (unpaired) electrons. The van der Waals surface area contributed by atoms with Crippen LogP contribution in [0.15, 0.2) is 41.9 Å². The molecule has 1 unspecified atom stereocenters. The van der Waals surface area contributed by atoms with Crippen LogP contribution in [0.2, 0.25) is 0 Å². The van der Waals surface area contributed by atoms with Gasteiger partial charge < -0.3 is 5.32 Å². The van der Waals surface area contributed by atoms with Crippen molar-refractivity contribution in [2.24, 2.45) is 0 Å². The van der Waals surface area contributed by atoms with Crippen LogP contribution >= 0.6 is 11.3 Å². The highest BCUT2D eigenvalue weighted by atomic mass is 32.1. The molecule has 0 aliphatic rings. The third-order valence-corrected chi connectivity index (χ3v) is 3.07. The number of hydrogen-bond acceptors (Lipinski definition) is 3. The van der Waals surface area contributed by atoms with Gasteiger partial charge in [-0.15, -0.1) is 11.3 Å². The fraction of sp³-hybridized carbons (Fsp3) is 0.250. The Kier molecular flexibility index (Phi) is 3.86. The van der Waals surface area contributed by atoms with Crippen LogP contribution in [0.1, 0.15) is 18.0 Å². The molecule has 96 valence electrons. The molecule has 2 nitrogen and oxygen atoms in total. The maximum Gasteiger partial charge on any atom is 0.391 e. The number of thiazole rings is 1. The molecule has 18 heavy (non-hydrogen) atoms. The first-order valence-corrected chi connectivity index (χ1v) is 6.20. The Morgan fingerprint density at radius 2 is 1.94 bits per heavy atom. The van der Waals surface area contributed by atoms with Crippen LogP contribution in [-0.4, -0.2) is 11.2 Å². The highest BCUT2D eigenvalue weighted by Crippen LogP contribution is 2.32. The van der Waals surface area contributed by atoms with E-state index >= 15 is 0 Å². The molecular weight excluding hydrogens is 261 g/mol. The Bertz CT molecular complexity index is 468. The van der Waals surface area contributed by atoms with Crippen molar-refractivity contribution in [2.75, 3.05) is 5.32 Å². The van der Waals surface area contributed by atoms with Gasteiger partial charge in [0, 0.05) is 11.6 Å². The van der Waals surface area contributed by atoms with Gasteiger partial charge in [0.15, 0.2) is 5.13 Å². The summed E-state index contributed by atoms with van der Waals surface area (Å²) in [7, 11) is 0. The first-order chi connectivity index (χ1) is 8.54. The molecule has 0 aliphatic heterocycles. The maximum absolute atomic E-state index is 12.6. The molecular formula is C12H11F3N2S. The summed E-state index contributed by atoms with van der Waals surface area (Å²) in [5, 5.41) is 5.03. The van der Waals surface area contributed by atoms with Crippen LogP contribution in [0.5, 0.6) is 0 Å². The van der Waals surface area contributed by atoms with Gasteiger partial charge in [0.05, 0.1) is 12.5 Å². The van der Waals surface area contributed by atoms with Gasteiger partial charge in [0.25, 0.3) is 0 Å². The molecule has 1 atom stereocenters. The zero-order valence-electron chi connectivity index (χ0n) is 9.32. The highest BCUT2D eigenvalue weighted by Gasteiger charge is 2.32. The molecule has 2 rings (SSSR count). The zero-order valence-corrected chi connectivity index (χ0v) is 10.1. The molecule has 0 saturated carbocycles. The van der Waals surface area contributed by atoms with E-state index in [2.05, 4.69) is 10.3 Å². The average Bonchev–Trinajstić information content (AvgIpc) is 2.80. The van der Waals surface area contributed by atoms with E-state index in [0.717, 1.165) is 0 Å². The topological polar surface area (TPSA) is 24.9 Å². The van der Waals surface area contributed by atoms with Gasteiger partial charge in [-0.1, -0.05) is 30.3 Å². The summed E-state index contributed by atoms with van der Waals surface area (Å²) in [6.07, 6.45) is -3.58. The summed E-state index contributed by atoms with van der Waals surface area (Å²) < 4.78 is 37.7. The van der Waals surface area contributed by atoms with E-state index < -0.39 is 18.6 Å². The average molecular weight is 272 g/mol. The van der Waals surface area contributed by atoms with Gasteiger partial charge in [0.1, 0.15) is 0 Å². The van der Waals surface area contributed by atoms with Crippen LogP contribution in [0.3, 0.4) is 0 Å². The summed E-state index contributed by atoms with van der Waals surface area (Å²) >= 11 is 1.28. The van der Waals surface area contributed by atoms with Gasteiger partial charge in [-0.2, -0.15) is 13.2 Å².